The van der Waals surface area contributed by atoms with Crippen LogP contribution in [-0.2, 0) is 6.54 Å². The molecule has 0 bridgehead atoms. The summed E-state index contributed by atoms with van der Waals surface area (Å²) in [5.74, 6) is 1.80. The molecule has 0 amide bonds. The van der Waals surface area contributed by atoms with E-state index in [1.165, 1.54) is 58.3 Å². The minimum atomic E-state index is 0.822. The Balaban J connectivity index is 0.000000271. The van der Waals surface area contributed by atoms with Crippen LogP contribution in [0.2, 0.25) is 0 Å². The van der Waals surface area contributed by atoms with Gasteiger partial charge in [-0.3, -0.25) is 15.0 Å². The predicted octanol–water partition coefficient (Wildman–Crippen LogP) is 15.7. The van der Waals surface area contributed by atoms with Gasteiger partial charge in [-0.1, -0.05) is 144 Å². The third-order valence-electron chi connectivity index (χ3n) is 9.44. The number of hydrogen-bond acceptors (Lipinski definition) is 6. The number of aromatic nitrogens is 8. The number of benzene rings is 4. The Bertz CT molecular complexity index is 2420. The number of fused-ring (bicyclic) bond motifs is 1. The Hall–Kier alpha value is -7.84. The molecular weight excluding hydrogens is 857 g/mol. The zero-order valence-electron chi connectivity index (χ0n) is 43.5. The monoisotopic (exact) mass is 933 g/mol. The van der Waals surface area contributed by atoms with Crippen molar-refractivity contribution < 1.29 is 0 Å². The molecule has 6 heterocycles. The highest BCUT2D eigenvalue weighted by molar-refractivity contribution is 5.74. The standard InChI is InChI=1S/C8H8N2.C8H13N.2C8H10.C7H8.3C6H7N.C5H6N2/c1-6-9-7-4-2-3-5-8(7)10-6;1-2-3-6-9-7-4-5-8-9;1-7-3-5-8(2)6-4-7;1-7-4-3-5-8(2)6-7;1-7-5-3-2-4-6-7;1-6-2-4-7-5-3-6;1-6-3-2-4-7-5-6;1-6-4-2-3-5-7-6;1-5-6-3-2-4-7-5/h2-5H,1H3,(H,9,10);4-5,7-8H,2-3,6H2,1H3;2*3-6H,1-2H3;2-6H,1H3;3*2-5H,1H3;2-4H,1H3. The van der Waals surface area contributed by atoms with Crippen LogP contribution in [0.1, 0.15) is 76.1 Å². The maximum atomic E-state index is 4.26. The minimum absolute atomic E-state index is 0.822. The lowest BCUT2D eigenvalue weighted by atomic mass is 10.2. The minimum Gasteiger partial charge on any atom is -0.354 e. The third kappa shape index (κ3) is 31.2. The number of para-hydroxylation sites is 2. The molecule has 0 spiro atoms. The first-order chi connectivity index (χ1) is 33.8. The molecule has 0 fully saturated rings. The van der Waals surface area contributed by atoms with E-state index in [9.17, 15) is 0 Å². The summed E-state index contributed by atoms with van der Waals surface area (Å²) in [6.45, 7) is 23.7. The van der Waals surface area contributed by atoms with Crippen LogP contribution in [0.3, 0.4) is 0 Å². The van der Waals surface area contributed by atoms with Gasteiger partial charge in [0, 0.05) is 68.0 Å². The van der Waals surface area contributed by atoms with Crippen molar-refractivity contribution in [2.24, 2.45) is 0 Å². The quantitative estimate of drug-likeness (QED) is 0.189. The molecule has 0 aliphatic rings. The van der Waals surface area contributed by atoms with E-state index >= 15 is 0 Å². The summed E-state index contributed by atoms with van der Waals surface area (Å²) in [6.07, 6.45) is 19.2. The highest BCUT2D eigenvalue weighted by atomic mass is 14.9. The van der Waals surface area contributed by atoms with Crippen molar-refractivity contribution in [2.45, 2.75) is 95.5 Å². The molecule has 10 aromatic rings. The second-order valence-corrected chi connectivity index (χ2v) is 16.4. The van der Waals surface area contributed by atoms with E-state index in [-0.39, 0.29) is 0 Å². The average molecular weight is 933 g/mol. The van der Waals surface area contributed by atoms with Crippen LogP contribution in [-0.4, -0.2) is 39.5 Å². The van der Waals surface area contributed by atoms with Crippen LogP contribution in [0.4, 0.5) is 0 Å². The molecule has 8 heteroatoms. The normalized spacial score (nSPS) is 9.24. The van der Waals surface area contributed by atoms with Crippen molar-refractivity contribution in [3.8, 4) is 0 Å². The van der Waals surface area contributed by atoms with Gasteiger partial charge in [0.15, 0.2) is 0 Å². The van der Waals surface area contributed by atoms with Gasteiger partial charge in [-0.15, -0.1) is 0 Å². The lowest BCUT2D eigenvalue weighted by Gasteiger charge is -1.97. The molecule has 0 saturated carbocycles. The molecule has 0 atom stereocenters. The molecule has 0 aliphatic carbocycles. The fourth-order valence-corrected chi connectivity index (χ4v) is 5.61. The lowest BCUT2D eigenvalue weighted by molar-refractivity contribution is 0.635. The largest absolute Gasteiger partial charge is 0.354 e. The number of aromatic amines is 1. The van der Waals surface area contributed by atoms with Crippen molar-refractivity contribution in [3.63, 3.8) is 0 Å². The molecule has 8 nitrogen and oxygen atoms in total. The number of unbranched alkanes of at least 4 members (excludes halogenated alkanes) is 1. The third-order valence-corrected chi connectivity index (χ3v) is 9.44. The molecule has 4 aromatic carbocycles. The molecule has 0 saturated heterocycles. The second-order valence-electron chi connectivity index (χ2n) is 16.4. The van der Waals surface area contributed by atoms with Gasteiger partial charge in [-0.25, -0.2) is 15.0 Å². The first-order valence-corrected chi connectivity index (χ1v) is 23.8. The molecule has 364 valence electrons. The number of H-pyrrole nitrogens is 1. The first kappa shape index (κ1) is 58.3. The van der Waals surface area contributed by atoms with Gasteiger partial charge in [0.25, 0.3) is 0 Å². The maximum Gasteiger partial charge on any atom is 0.125 e. The van der Waals surface area contributed by atoms with Crippen molar-refractivity contribution in [3.05, 3.63) is 276 Å². The maximum absolute atomic E-state index is 4.26. The van der Waals surface area contributed by atoms with Gasteiger partial charge in [-0.2, -0.15) is 0 Å². The fourth-order valence-electron chi connectivity index (χ4n) is 5.61. The van der Waals surface area contributed by atoms with Crippen molar-refractivity contribution >= 4 is 11.0 Å². The van der Waals surface area contributed by atoms with Crippen LogP contribution in [0.5, 0.6) is 0 Å². The van der Waals surface area contributed by atoms with E-state index in [4.69, 9.17) is 0 Å². The predicted molar refractivity (Wildman–Crippen MR) is 297 cm³/mol. The van der Waals surface area contributed by atoms with Gasteiger partial charge in [0.05, 0.1) is 11.0 Å². The Labute approximate surface area is 420 Å². The Kier molecular flexibility index (Phi) is 31.0. The van der Waals surface area contributed by atoms with E-state index in [2.05, 4.69) is 166 Å². The van der Waals surface area contributed by atoms with Crippen molar-refractivity contribution in [1.29, 1.82) is 0 Å². The molecule has 0 aliphatic heterocycles. The summed E-state index contributed by atoms with van der Waals surface area (Å²) in [6, 6.07) is 54.9. The summed E-state index contributed by atoms with van der Waals surface area (Å²) in [4.78, 5) is 26.8. The first-order valence-electron chi connectivity index (χ1n) is 23.8. The molecule has 1 N–H and O–H groups in total. The van der Waals surface area contributed by atoms with Gasteiger partial charge in [-0.05, 0) is 147 Å². The van der Waals surface area contributed by atoms with Crippen LogP contribution >= 0.6 is 0 Å². The van der Waals surface area contributed by atoms with Crippen molar-refractivity contribution in [1.82, 2.24) is 39.5 Å². The Morgan fingerprint density at radius 3 is 1.33 bits per heavy atom. The number of imidazole rings is 1. The zero-order valence-corrected chi connectivity index (χ0v) is 43.5. The second kappa shape index (κ2) is 37.2. The SMILES string of the molecule is CCCCn1cccc1.Cc1ccc(C)cc1.Cc1cccc(C)c1.Cc1ccccc1.Cc1ccccn1.Cc1cccnc1.Cc1ccncc1.Cc1nc2ccccc2[nH]1.Cc1ncccn1. The highest BCUT2D eigenvalue weighted by Gasteiger charge is 1.94. The molecule has 70 heavy (non-hydrogen) atoms. The summed E-state index contributed by atoms with van der Waals surface area (Å²) in [5.41, 5.74) is 12.4. The van der Waals surface area contributed by atoms with E-state index in [0.29, 0.717) is 0 Å². The van der Waals surface area contributed by atoms with Gasteiger partial charge in [0.1, 0.15) is 11.6 Å². The number of pyridine rings is 3. The summed E-state index contributed by atoms with van der Waals surface area (Å²) < 4.78 is 2.21. The summed E-state index contributed by atoms with van der Waals surface area (Å²) >= 11 is 0. The number of aryl methyl sites for hydroxylation is 11. The van der Waals surface area contributed by atoms with Crippen LogP contribution in [0.15, 0.2) is 220 Å². The Morgan fingerprint density at radius 1 is 0.414 bits per heavy atom. The number of nitrogens with zero attached hydrogens (tertiary/aromatic N) is 7. The number of nitrogens with one attached hydrogen (secondary N) is 1. The number of rotatable bonds is 3. The van der Waals surface area contributed by atoms with Crippen LogP contribution in [0.25, 0.3) is 11.0 Å². The van der Waals surface area contributed by atoms with Gasteiger partial charge < -0.3 is 9.55 Å². The van der Waals surface area contributed by atoms with Gasteiger partial charge in [0.2, 0.25) is 0 Å². The van der Waals surface area contributed by atoms with Crippen molar-refractivity contribution in [2.75, 3.05) is 0 Å². The smallest absolute Gasteiger partial charge is 0.125 e. The van der Waals surface area contributed by atoms with E-state index in [1.54, 1.807) is 43.2 Å². The lowest BCUT2D eigenvalue weighted by Crippen LogP contribution is -1.91. The molecule has 10 rings (SSSR count). The molecule has 0 radical (unpaired) electrons. The van der Waals surface area contributed by atoms with E-state index in [1.807, 2.05) is 126 Å². The highest BCUT2D eigenvalue weighted by Crippen LogP contribution is 2.09. The summed E-state index contributed by atoms with van der Waals surface area (Å²) in [7, 11) is 0. The zero-order chi connectivity index (χ0) is 51.0. The molecule has 0 unspecified atom stereocenters. The molecule has 6 aromatic heterocycles. The van der Waals surface area contributed by atoms with Crippen LogP contribution < -0.4 is 0 Å². The average Bonchev–Trinajstić information content (AvgIpc) is 4.04. The van der Waals surface area contributed by atoms with E-state index in [0.717, 1.165) is 28.4 Å². The molecular formula is C62H76N8. The fraction of sp³-hybridized carbons (Fsp3) is 0.226. The summed E-state index contributed by atoms with van der Waals surface area (Å²) in [5, 5.41) is 0. The Morgan fingerprint density at radius 2 is 0.943 bits per heavy atom. The van der Waals surface area contributed by atoms with E-state index < -0.39 is 0 Å². The van der Waals surface area contributed by atoms with Gasteiger partial charge >= 0.3 is 0 Å². The number of hydrogen-bond donors (Lipinski definition) is 1. The topological polar surface area (TPSA) is 98.1 Å². The van der Waals surface area contributed by atoms with Crippen LogP contribution in [0, 0.1) is 69.2 Å².